The van der Waals surface area contributed by atoms with Crippen LogP contribution in [-0.4, -0.2) is 24.5 Å². The molecule has 2 atom stereocenters. The highest BCUT2D eigenvalue weighted by molar-refractivity contribution is 5.20. The van der Waals surface area contributed by atoms with Crippen molar-refractivity contribution in [2.45, 2.75) is 53.1 Å². The molecule has 1 aliphatic carbocycles. The molecule has 2 fully saturated rings. The van der Waals surface area contributed by atoms with Gasteiger partial charge in [-0.1, -0.05) is 20.3 Å². The molecule has 2 aliphatic rings. The van der Waals surface area contributed by atoms with Gasteiger partial charge in [-0.05, 0) is 50.1 Å². The third kappa shape index (κ3) is 3.70. The molecule has 2 unspecified atom stereocenters. The lowest BCUT2D eigenvalue weighted by Gasteiger charge is -2.14. The van der Waals surface area contributed by atoms with Crippen LogP contribution in [0.1, 0.15) is 50.2 Å². The third-order valence-corrected chi connectivity index (χ3v) is 5.12. The van der Waals surface area contributed by atoms with Crippen LogP contribution >= 0.6 is 0 Å². The molecule has 0 bridgehead atoms. The summed E-state index contributed by atoms with van der Waals surface area (Å²) >= 11 is 0. The molecule has 0 amide bonds. The largest absolute Gasteiger partial charge is 0.465 e. The Bertz CT molecular complexity index is 454. The van der Waals surface area contributed by atoms with Crippen molar-refractivity contribution in [3.63, 3.8) is 0 Å². The smallest absolute Gasteiger partial charge is 0.118 e. The number of nitrogens with zero attached hydrogens (tertiary/aromatic N) is 1. The van der Waals surface area contributed by atoms with Gasteiger partial charge in [0, 0.05) is 25.2 Å². The molecule has 3 rings (SSSR count). The quantitative estimate of drug-likeness (QED) is 0.868. The van der Waals surface area contributed by atoms with Crippen molar-refractivity contribution >= 4 is 0 Å². The summed E-state index contributed by atoms with van der Waals surface area (Å²) in [5, 5.41) is 3.51. The Labute approximate surface area is 129 Å². The summed E-state index contributed by atoms with van der Waals surface area (Å²) in [6, 6.07) is 2.26. The summed E-state index contributed by atoms with van der Waals surface area (Å²) in [6.07, 6.45) is 4.35. The highest BCUT2D eigenvalue weighted by atomic mass is 16.3. The molecule has 1 aliphatic heterocycles. The molecule has 1 saturated heterocycles. The van der Waals surface area contributed by atoms with Crippen molar-refractivity contribution in [2.24, 2.45) is 17.8 Å². The van der Waals surface area contributed by atoms with E-state index in [1.807, 2.05) is 0 Å². The van der Waals surface area contributed by atoms with Gasteiger partial charge >= 0.3 is 0 Å². The van der Waals surface area contributed by atoms with E-state index in [0.717, 1.165) is 43.0 Å². The number of aryl methyl sites for hydroxylation is 1. The molecule has 118 valence electrons. The van der Waals surface area contributed by atoms with Gasteiger partial charge in [0.25, 0.3) is 0 Å². The maximum atomic E-state index is 5.97. The second-order valence-electron chi connectivity index (χ2n) is 7.46. The van der Waals surface area contributed by atoms with Crippen molar-refractivity contribution in [2.75, 3.05) is 19.6 Å². The van der Waals surface area contributed by atoms with Crippen LogP contribution in [0.5, 0.6) is 0 Å². The van der Waals surface area contributed by atoms with Gasteiger partial charge in [-0.3, -0.25) is 4.90 Å². The van der Waals surface area contributed by atoms with Crippen LogP contribution in [0.2, 0.25) is 0 Å². The van der Waals surface area contributed by atoms with Crippen molar-refractivity contribution in [3.8, 4) is 0 Å². The van der Waals surface area contributed by atoms with E-state index in [2.05, 4.69) is 37.1 Å². The first-order chi connectivity index (χ1) is 10.1. The Kier molecular flexibility index (Phi) is 4.70. The fourth-order valence-electron chi connectivity index (χ4n) is 4.02. The summed E-state index contributed by atoms with van der Waals surface area (Å²) in [5.74, 6) is 4.86. The van der Waals surface area contributed by atoms with Gasteiger partial charge in [0.05, 0.1) is 6.54 Å². The van der Waals surface area contributed by atoms with Gasteiger partial charge in [0.2, 0.25) is 0 Å². The molecular formula is C18H30N2O. The minimum Gasteiger partial charge on any atom is -0.465 e. The average molecular weight is 290 g/mol. The molecular weight excluding hydrogens is 260 g/mol. The maximum absolute atomic E-state index is 5.97. The minimum atomic E-state index is 0.695. The summed E-state index contributed by atoms with van der Waals surface area (Å²) in [6.45, 7) is 12.1. The van der Waals surface area contributed by atoms with Crippen molar-refractivity contribution < 1.29 is 4.42 Å². The molecule has 1 N–H and O–H groups in total. The molecule has 0 aromatic carbocycles. The first kappa shape index (κ1) is 15.1. The molecule has 21 heavy (non-hydrogen) atoms. The van der Waals surface area contributed by atoms with E-state index in [0.29, 0.717) is 5.92 Å². The zero-order valence-electron chi connectivity index (χ0n) is 13.8. The predicted octanol–water partition coefficient (Wildman–Crippen LogP) is 3.57. The van der Waals surface area contributed by atoms with Gasteiger partial charge in [-0.15, -0.1) is 0 Å². The van der Waals surface area contributed by atoms with E-state index in [1.165, 1.54) is 37.9 Å². The second-order valence-corrected chi connectivity index (χ2v) is 7.46. The van der Waals surface area contributed by atoms with Crippen LogP contribution in [0.4, 0.5) is 0 Å². The zero-order valence-corrected chi connectivity index (χ0v) is 13.8. The highest BCUT2D eigenvalue weighted by Crippen LogP contribution is 2.38. The van der Waals surface area contributed by atoms with Gasteiger partial charge < -0.3 is 9.73 Å². The maximum Gasteiger partial charge on any atom is 0.118 e. The van der Waals surface area contributed by atoms with Gasteiger partial charge in [0.1, 0.15) is 11.5 Å². The number of nitrogens with one attached hydrogen (secondary N) is 1. The van der Waals surface area contributed by atoms with Crippen molar-refractivity contribution in [1.82, 2.24) is 10.2 Å². The van der Waals surface area contributed by atoms with Gasteiger partial charge in [-0.25, -0.2) is 0 Å². The Morgan fingerprint density at radius 2 is 2.00 bits per heavy atom. The summed E-state index contributed by atoms with van der Waals surface area (Å²) in [7, 11) is 0. The third-order valence-electron chi connectivity index (χ3n) is 5.12. The van der Waals surface area contributed by atoms with Crippen LogP contribution in [0.15, 0.2) is 10.5 Å². The normalized spacial score (nSPS) is 25.9. The van der Waals surface area contributed by atoms with Gasteiger partial charge in [-0.2, -0.15) is 0 Å². The lowest BCUT2D eigenvalue weighted by molar-refractivity contribution is 0.274. The van der Waals surface area contributed by atoms with Crippen LogP contribution < -0.4 is 5.32 Å². The Morgan fingerprint density at radius 1 is 1.29 bits per heavy atom. The standard InChI is InChI=1S/C18H30N2O/c1-13(2)8-19-9-17-7-18(21-14(17)3)12-20-10-15-5-4-6-16(15)11-20/h7,13,15-16,19H,4-6,8-12H2,1-3H3. The van der Waals surface area contributed by atoms with Gasteiger partial charge in [0.15, 0.2) is 0 Å². The van der Waals surface area contributed by atoms with Crippen LogP contribution in [-0.2, 0) is 13.1 Å². The Hall–Kier alpha value is -0.800. The molecule has 0 radical (unpaired) electrons. The number of likely N-dealkylation sites (tertiary alicyclic amines) is 1. The topological polar surface area (TPSA) is 28.4 Å². The number of fused-ring (bicyclic) bond motifs is 1. The minimum absolute atomic E-state index is 0.695. The van der Waals surface area contributed by atoms with Crippen LogP contribution in [0, 0.1) is 24.7 Å². The first-order valence-corrected chi connectivity index (χ1v) is 8.63. The van der Waals surface area contributed by atoms with E-state index in [1.54, 1.807) is 0 Å². The first-order valence-electron chi connectivity index (χ1n) is 8.63. The fourth-order valence-corrected chi connectivity index (χ4v) is 4.02. The lowest BCUT2D eigenvalue weighted by atomic mass is 10.0. The average Bonchev–Trinajstić information content (AvgIpc) is 3.05. The van der Waals surface area contributed by atoms with Crippen LogP contribution in [0.3, 0.4) is 0 Å². The molecule has 1 saturated carbocycles. The summed E-state index contributed by atoms with van der Waals surface area (Å²) in [5.41, 5.74) is 1.32. The van der Waals surface area contributed by atoms with E-state index < -0.39 is 0 Å². The van der Waals surface area contributed by atoms with E-state index in [-0.39, 0.29) is 0 Å². The Balaban J connectivity index is 1.52. The van der Waals surface area contributed by atoms with E-state index >= 15 is 0 Å². The predicted molar refractivity (Wildman–Crippen MR) is 86.1 cm³/mol. The second kappa shape index (κ2) is 6.53. The summed E-state index contributed by atoms with van der Waals surface area (Å²) < 4.78 is 5.97. The highest BCUT2D eigenvalue weighted by Gasteiger charge is 2.36. The number of rotatable bonds is 6. The van der Waals surface area contributed by atoms with Crippen molar-refractivity contribution in [3.05, 3.63) is 23.2 Å². The molecule has 0 spiro atoms. The summed E-state index contributed by atoms with van der Waals surface area (Å²) in [4.78, 5) is 2.60. The number of furan rings is 1. The molecule has 1 aromatic heterocycles. The fraction of sp³-hybridized carbons (Fsp3) is 0.778. The van der Waals surface area contributed by atoms with Crippen molar-refractivity contribution in [1.29, 1.82) is 0 Å². The Morgan fingerprint density at radius 3 is 2.67 bits per heavy atom. The van der Waals surface area contributed by atoms with Crippen LogP contribution in [0.25, 0.3) is 0 Å². The zero-order chi connectivity index (χ0) is 14.8. The molecule has 2 heterocycles. The molecule has 3 heteroatoms. The van der Waals surface area contributed by atoms with E-state index in [4.69, 9.17) is 4.42 Å². The lowest BCUT2D eigenvalue weighted by Crippen LogP contribution is -2.20. The number of hydrogen-bond acceptors (Lipinski definition) is 3. The molecule has 3 nitrogen and oxygen atoms in total. The van der Waals surface area contributed by atoms with E-state index in [9.17, 15) is 0 Å². The monoisotopic (exact) mass is 290 g/mol. The number of hydrogen-bond donors (Lipinski definition) is 1. The SMILES string of the molecule is Cc1oc(CN2CC3CCCC3C2)cc1CNCC(C)C. The molecule has 1 aromatic rings.